The lowest BCUT2D eigenvalue weighted by molar-refractivity contribution is 0.101. The topological polar surface area (TPSA) is 82.1 Å². The Kier molecular flexibility index (Phi) is 6.45. The van der Waals surface area contributed by atoms with Crippen molar-refractivity contribution >= 4 is 15.8 Å². The van der Waals surface area contributed by atoms with Gasteiger partial charge in [-0.3, -0.25) is 4.79 Å². The van der Waals surface area contributed by atoms with Crippen LogP contribution in [0, 0.1) is 0 Å². The van der Waals surface area contributed by atoms with E-state index >= 15 is 0 Å². The van der Waals surface area contributed by atoms with Crippen molar-refractivity contribution < 1.29 is 27.4 Å². The summed E-state index contributed by atoms with van der Waals surface area (Å²) in [5.41, 5.74) is 1.08. The van der Waals surface area contributed by atoms with Crippen LogP contribution in [0.4, 0.5) is 0 Å². The first-order valence-corrected chi connectivity index (χ1v) is 9.55. The molecule has 0 bridgehead atoms. The predicted molar refractivity (Wildman–Crippen MR) is 101 cm³/mol. The van der Waals surface area contributed by atoms with Crippen LogP contribution in [0.2, 0.25) is 0 Å². The quantitative estimate of drug-likeness (QED) is 0.642. The summed E-state index contributed by atoms with van der Waals surface area (Å²) in [5, 5.41) is 0. The zero-order chi connectivity index (χ0) is 20.2. The van der Waals surface area contributed by atoms with Crippen LogP contribution in [0.25, 0.3) is 0 Å². The fourth-order valence-electron chi connectivity index (χ4n) is 2.65. The first-order chi connectivity index (χ1) is 12.8. The van der Waals surface area contributed by atoms with Crippen molar-refractivity contribution in [1.82, 2.24) is 4.31 Å². The summed E-state index contributed by atoms with van der Waals surface area (Å²) < 4.78 is 42.9. The Balaban J connectivity index is 2.35. The van der Waals surface area contributed by atoms with Crippen molar-refractivity contribution in [3.8, 4) is 17.2 Å². The highest BCUT2D eigenvalue weighted by Crippen LogP contribution is 2.40. The van der Waals surface area contributed by atoms with Crippen LogP contribution >= 0.6 is 0 Å². The van der Waals surface area contributed by atoms with Gasteiger partial charge in [-0.15, -0.1) is 0 Å². The summed E-state index contributed by atoms with van der Waals surface area (Å²) in [6.07, 6.45) is 0. The van der Waals surface area contributed by atoms with E-state index in [4.69, 9.17) is 14.2 Å². The van der Waals surface area contributed by atoms with Gasteiger partial charge in [0.2, 0.25) is 15.8 Å². The zero-order valence-corrected chi connectivity index (χ0v) is 16.8. The number of sulfonamides is 1. The van der Waals surface area contributed by atoms with E-state index < -0.39 is 10.0 Å². The van der Waals surface area contributed by atoms with E-state index in [9.17, 15) is 13.2 Å². The van der Waals surface area contributed by atoms with Crippen LogP contribution in [0.15, 0.2) is 41.3 Å². The smallest absolute Gasteiger partial charge is 0.243 e. The maximum absolute atomic E-state index is 12.8. The van der Waals surface area contributed by atoms with Gasteiger partial charge >= 0.3 is 0 Å². The molecule has 0 aliphatic heterocycles. The molecule has 0 spiro atoms. The lowest BCUT2D eigenvalue weighted by atomic mass is 10.1. The number of ether oxygens (including phenoxy) is 3. The molecule has 0 aliphatic rings. The number of hydrogen-bond acceptors (Lipinski definition) is 6. The Morgan fingerprint density at radius 3 is 2.00 bits per heavy atom. The van der Waals surface area contributed by atoms with Gasteiger partial charge in [0, 0.05) is 24.7 Å². The van der Waals surface area contributed by atoms with Gasteiger partial charge in [-0.2, -0.15) is 4.31 Å². The van der Waals surface area contributed by atoms with Gasteiger partial charge in [-0.05, 0) is 25.1 Å². The third-order valence-corrected chi connectivity index (χ3v) is 5.97. The maximum Gasteiger partial charge on any atom is 0.243 e. The van der Waals surface area contributed by atoms with Gasteiger partial charge in [0.05, 0.1) is 26.2 Å². The van der Waals surface area contributed by atoms with Gasteiger partial charge in [-0.25, -0.2) is 8.42 Å². The predicted octanol–water partition coefficient (Wildman–Crippen LogP) is 2.74. The number of ketones is 1. The molecule has 2 aromatic carbocycles. The average molecular weight is 393 g/mol. The third kappa shape index (κ3) is 4.23. The molecule has 0 N–H and O–H groups in total. The van der Waals surface area contributed by atoms with E-state index in [2.05, 4.69) is 0 Å². The lowest BCUT2D eigenvalue weighted by Crippen LogP contribution is -2.26. The number of methoxy groups -OCH3 is 3. The summed E-state index contributed by atoms with van der Waals surface area (Å²) in [4.78, 5) is 11.5. The second kappa shape index (κ2) is 8.41. The Bertz CT molecular complexity index is 922. The Morgan fingerprint density at radius 2 is 1.52 bits per heavy atom. The number of carbonyl (C=O) groups excluding carboxylic acids is 1. The Labute approximate surface area is 159 Å². The minimum Gasteiger partial charge on any atom is -0.493 e. The standard InChI is InChI=1S/C19H23NO6S/c1-13(21)14-6-9-16(10-7-14)27(22,23)20(2)12-15-8-11-17(24-3)19(26-5)18(15)25-4/h6-11H,12H2,1-5H3. The number of nitrogens with zero attached hydrogens (tertiary/aromatic N) is 1. The highest BCUT2D eigenvalue weighted by Gasteiger charge is 2.24. The molecule has 0 aromatic heterocycles. The van der Waals surface area contributed by atoms with Gasteiger partial charge in [0.1, 0.15) is 0 Å². The molecule has 146 valence electrons. The molecule has 27 heavy (non-hydrogen) atoms. The van der Waals surface area contributed by atoms with Crippen LogP contribution in [0.5, 0.6) is 17.2 Å². The molecular formula is C19H23NO6S. The van der Waals surface area contributed by atoms with Crippen molar-refractivity contribution in [1.29, 1.82) is 0 Å². The maximum atomic E-state index is 12.8. The van der Waals surface area contributed by atoms with Crippen LogP contribution in [-0.2, 0) is 16.6 Å². The molecule has 2 aromatic rings. The van der Waals surface area contributed by atoms with Gasteiger partial charge < -0.3 is 14.2 Å². The van der Waals surface area contributed by atoms with E-state index in [0.717, 1.165) is 0 Å². The van der Waals surface area contributed by atoms with Crippen molar-refractivity contribution in [3.05, 3.63) is 47.5 Å². The second-order valence-corrected chi connectivity index (χ2v) is 7.88. The van der Waals surface area contributed by atoms with Crippen LogP contribution < -0.4 is 14.2 Å². The van der Waals surface area contributed by atoms with Crippen molar-refractivity contribution in [2.45, 2.75) is 18.4 Å². The summed E-state index contributed by atoms with van der Waals surface area (Å²) in [6.45, 7) is 1.50. The van der Waals surface area contributed by atoms with E-state index in [1.807, 2.05) is 0 Å². The normalized spacial score (nSPS) is 11.3. The van der Waals surface area contributed by atoms with Crippen LogP contribution in [0.1, 0.15) is 22.8 Å². The summed E-state index contributed by atoms with van der Waals surface area (Å²) in [7, 11) is 2.21. The SMILES string of the molecule is COc1ccc(CN(C)S(=O)(=O)c2ccc(C(C)=O)cc2)c(OC)c1OC. The number of benzene rings is 2. The molecule has 8 heteroatoms. The van der Waals surface area contributed by atoms with Gasteiger partial charge in [0.25, 0.3) is 0 Å². The third-order valence-electron chi connectivity index (χ3n) is 4.15. The largest absolute Gasteiger partial charge is 0.493 e. The van der Waals surface area contributed by atoms with Gasteiger partial charge in [-0.1, -0.05) is 18.2 Å². The molecule has 7 nitrogen and oxygen atoms in total. The highest BCUT2D eigenvalue weighted by molar-refractivity contribution is 7.89. The van der Waals surface area contributed by atoms with E-state index in [1.54, 1.807) is 12.1 Å². The van der Waals surface area contributed by atoms with E-state index in [0.29, 0.717) is 28.4 Å². The Morgan fingerprint density at radius 1 is 0.926 bits per heavy atom. The molecule has 2 rings (SSSR count). The zero-order valence-electron chi connectivity index (χ0n) is 16.0. The first-order valence-electron chi connectivity index (χ1n) is 8.11. The fourth-order valence-corrected chi connectivity index (χ4v) is 3.80. The molecule has 0 heterocycles. The number of hydrogen-bond donors (Lipinski definition) is 0. The Hall–Kier alpha value is -2.58. The first kappa shape index (κ1) is 20.7. The molecule has 0 saturated heterocycles. The average Bonchev–Trinajstić information content (AvgIpc) is 2.67. The van der Waals surface area contributed by atoms with Crippen molar-refractivity contribution in [3.63, 3.8) is 0 Å². The second-order valence-electron chi connectivity index (χ2n) is 5.84. The lowest BCUT2D eigenvalue weighted by Gasteiger charge is -2.21. The molecule has 0 saturated carbocycles. The minimum absolute atomic E-state index is 0.0698. The van der Waals surface area contributed by atoms with E-state index in [-0.39, 0.29) is 17.2 Å². The highest BCUT2D eigenvalue weighted by atomic mass is 32.2. The summed E-state index contributed by atoms with van der Waals surface area (Å²) in [6, 6.07) is 9.27. The number of rotatable bonds is 8. The van der Waals surface area contributed by atoms with E-state index in [1.165, 1.54) is 63.9 Å². The number of carbonyl (C=O) groups is 1. The fraction of sp³-hybridized carbons (Fsp3) is 0.316. The molecular weight excluding hydrogens is 370 g/mol. The molecule has 0 atom stereocenters. The summed E-state index contributed by atoms with van der Waals surface area (Å²) >= 11 is 0. The monoisotopic (exact) mass is 393 g/mol. The molecule has 0 fully saturated rings. The minimum atomic E-state index is -3.75. The molecule has 0 aliphatic carbocycles. The van der Waals surface area contributed by atoms with Gasteiger partial charge in [0.15, 0.2) is 17.3 Å². The van der Waals surface area contributed by atoms with Crippen molar-refractivity contribution in [2.75, 3.05) is 28.4 Å². The molecule has 0 radical (unpaired) electrons. The molecule has 0 unspecified atom stereocenters. The number of Topliss-reactive ketones (excluding diaryl/α,β-unsaturated/α-hetero) is 1. The van der Waals surface area contributed by atoms with Crippen molar-refractivity contribution in [2.24, 2.45) is 0 Å². The van der Waals surface area contributed by atoms with Crippen LogP contribution in [-0.4, -0.2) is 46.9 Å². The molecule has 0 amide bonds. The van der Waals surface area contributed by atoms with Crippen LogP contribution in [0.3, 0.4) is 0 Å². The summed E-state index contributed by atoms with van der Waals surface area (Å²) in [5.74, 6) is 1.17.